The molecule has 1 fully saturated rings. The Morgan fingerprint density at radius 3 is 2.89 bits per heavy atom. The second-order valence-corrected chi connectivity index (χ2v) is 6.41. The van der Waals surface area contributed by atoms with Crippen LogP contribution in [0.5, 0.6) is 0 Å². The number of fused-ring (bicyclic) bond motifs is 3. The molecule has 4 nitrogen and oxygen atoms in total. The maximum absolute atomic E-state index is 11.6. The lowest BCUT2D eigenvalue weighted by Crippen LogP contribution is -2.39. The number of Topliss-reactive ketones (excluding diaryl/α,β-unsaturated/α-hetero) is 1. The molecule has 0 radical (unpaired) electrons. The number of hydrogen-bond acceptors (Lipinski definition) is 5. The molecule has 0 aliphatic carbocycles. The van der Waals surface area contributed by atoms with Gasteiger partial charge in [0.05, 0.1) is 21.9 Å². The van der Waals surface area contributed by atoms with Gasteiger partial charge in [0.15, 0.2) is 5.78 Å². The highest BCUT2D eigenvalue weighted by Gasteiger charge is 2.33. The summed E-state index contributed by atoms with van der Waals surface area (Å²) < 4.78 is 0. The van der Waals surface area contributed by atoms with E-state index in [1.165, 1.54) is 35.6 Å². The van der Waals surface area contributed by atoms with Gasteiger partial charge in [-0.05, 0) is 18.9 Å². The molecule has 0 amide bonds. The molecular weight excluding hydrogens is 258 g/mol. The van der Waals surface area contributed by atoms with Crippen LogP contribution >= 0.6 is 11.3 Å². The first-order valence-corrected chi connectivity index (χ1v) is 7.45. The largest absolute Gasteiger partial charge is 0.397 e. The van der Waals surface area contributed by atoms with E-state index in [0.29, 0.717) is 16.5 Å². The highest BCUT2D eigenvalue weighted by Crippen LogP contribution is 2.44. The standard InChI is InChI=1S/C14H15N3OS/c1-7(18)13-11(15)9-6-10-12(16-14(9)19-13)8-2-4-17(10)5-3-8/h6,8H,2-5,15H2,1H3. The van der Waals surface area contributed by atoms with Gasteiger partial charge in [-0.2, -0.15) is 0 Å². The SMILES string of the molecule is CC(=O)c1sc2nc3c(cc2c1N)N1CCC3CC1. The van der Waals surface area contributed by atoms with E-state index in [9.17, 15) is 4.79 Å². The summed E-state index contributed by atoms with van der Waals surface area (Å²) in [6, 6.07) is 2.14. The first-order chi connectivity index (χ1) is 9.15. The lowest BCUT2D eigenvalue weighted by Gasteiger charge is -2.41. The van der Waals surface area contributed by atoms with Gasteiger partial charge in [0.2, 0.25) is 0 Å². The smallest absolute Gasteiger partial charge is 0.171 e. The fourth-order valence-electron chi connectivity index (χ4n) is 3.25. The molecular formula is C14H15N3OS. The van der Waals surface area contributed by atoms with E-state index in [2.05, 4.69) is 11.0 Å². The van der Waals surface area contributed by atoms with Gasteiger partial charge in [0, 0.05) is 31.3 Å². The summed E-state index contributed by atoms with van der Waals surface area (Å²) >= 11 is 1.43. The highest BCUT2D eigenvalue weighted by molar-refractivity contribution is 7.21. The number of hydrogen-bond donors (Lipinski definition) is 1. The van der Waals surface area contributed by atoms with Gasteiger partial charge >= 0.3 is 0 Å². The van der Waals surface area contributed by atoms with Gasteiger partial charge in [-0.15, -0.1) is 11.3 Å². The molecule has 3 aliphatic rings. The second kappa shape index (κ2) is 3.70. The second-order valence-electron chi connectivity index (χ2n) is 5.41. The summed E-state index contributed by atoms with van der Waals surface area (Å²) in [6.07, 6.45) is 2.40. The van der Waals surface area contributed by atoms with E-state index in [1.54, 1.807) is 6.92 Å². The van der Waals surface area contributed by atoms with Crippen molar-refractivity contribution >= 4 is 38.7 Å². The number of nitrogens with zero attached hydrogens (tertiary/aromatic N) is 2. The molecule has 2 N–H and O–H groups in total. The average molecular weight is 273 g/mol. The van der Waals surface area contributed by atoms with Gasteiger partial charge in [0.1, 0.15) is 4.83 Å². The quantitative estimate of drug-likeness (QED) is 0.812. The maximum Gasteiger partial charge on any atom is 0.171 e. The van der Waals surface area contributed by atoms with Crippen molar-refractivity contribution < 1.29 is 4.79 Å². The molecule has 2 aromatic heterocycles. The third-order valence-corrected chi connectivity index (χ3v) is 5.49. The number of ketones is 1. The Balaban J connectivity index is 2.00. The van der Waals surface area contributed by atoms with Gasteiger partial charge in [-0.1, -0.05) is 0 Å². The lowest BCUT2D eigenvalue weighted by atomic mass is 9.86. The third kappa shape index (κ3) is 1.45. The van der Waals surface area contributed by atoms with Crippen LogP contribution in [-0.4, -0.2) is 23.9 Å². The van der Waals surface area contributed by atoms with Crippen LogP contribution in [0, 0.1) is 0 Å². The molecule has 2 bridgehead atoms. The number of nitrogen functional groups attached to an aromatic ring is 1. The van der Waals surface area contributed by atoms with E-state index >= 15 is 0 Å². The number of piperidine rings is 1. The number of rotatable bonds is 1. The molecule has 5 heteroatoms. The minimum atomic E-state index is 0.0294. The number of thiophene rings is 1. The van der Waals surface area contributed by atoms with Gasteiger partial charge in [-0.3, -0.25) is 4.79 Å². The summed E-state index contributed by atoms with van der Waals surface area (Å²) in [4.78, 5) is 20.4. The van der Waals surface area contributed by atoms with Crippen molar-refractivity contribution in [1.82, 2.24) is 4.98 Å². The van der Waals surface area contributed by atoms with Crippen molar-refractivity contribution in [2.24, 2.45) is 0 Å². The minimum absolute atomic E-state index is 0.0294. The molecule has 0 spiro atoms. The number of carbonyl (C=O) groups excluding carboxylic acids is 1. The zero-order chi connectivity index (χ0) is 13.1. The topological polar surface area (TPSA) is 59.2 Å². The summed E-state index contributed by atoms with van der Waals surface area (Å²) in [7, 11) is 0. The maximum atomic E-state index is 11.6. The van der Waals surface area contributed by atoms with Crippen molar-refractivity contribution in [3.8, 4) is 0 Å². The number of anilines is 2. The predicted molar refractivity (Wildman–Crippen MR) is 78.2 cm³/mol. The molecule has 98 valence electrons. The van der Waals surface area contributed by atoms with Crippen LogP contribution in [0.1, 0.15) is 41.0 Å². The summed E-state index contributed by atoms with van der Waals surface area (Å²) in [5.74, 6) is 0.621. The van der Waals surface area contributed by atoms with E-state index in [-0.39, 0.29) is 5.78 Å². The van der Waals surface area contributed by atoms with Crippen LogP contribution in [0.2, 0.25) is 0 Å². The van der Waals surface area contributed by atoms with Gasteiger partial charge in [0.25, 0.3) is 0 Å². The van der Waals surface area contributed by atoms with Gasteiger partial charge < -0.3 is 10.6 Å². The molecule has 2 aromatic rings. The van der Waals surface area contributed by atoms with Crippen LogP contribution in [-0.2, 0) is 0 Å². The van der Waals surface area contributed by atoms with E-state index < -0.39 is 0 Å². The monoisotopic (exact) mass is 273 g/mol. The molecule has 0 saturated carbocycles. The molecule has 5 rings (SSSR count). The minimum Gasteiger partial charge on any atom is -0.397 e. The summed E-state index contributed by atoms with van der Waals surface area (Å²) in [5.41, 5.74) is 9.15. The Labute approximate surface area is 115 Å². The van der Waals surface area contributed by atoms with E-state index in [0.717, 1.165) is 23.3 Å². The number of nitrogens with two attached hydrogens (primary N) is 1. The first-order valence-electron chi connectivity index (χ1n) is 6.64. The normalized spacial score (nSPS) is 18.1. The molecule has 0 aromatic carbocycles. The zero-order valence-electron chi connectivity index (χ0n) is 10.8. The third-order valence-electron chi connectivity index (χ3n) is 4.27. The van der Waals surface area contributed by atoms with E-state index in [4.69, 9.17) is 10.7 Å². The number of pyridine rings is 1. The molecule has 0 unspecified atom stereocenters. The fraction of sp³-hybridized carbons (Fsp3) is 0.429. The summed E-state index contributed by atoms with van der Waals surface area (Å²) in [5, 5.41) is 0.946. The molecule has 19 heavy (non-hydrogen) atoms. The van der Waals surface area contributed by atoms with Crippen LogP contribution < -0.4 is 10.6 Å². The van der Waals surface area contributed by atoms with Crippen molar-refractivity contribution in [2.45, 2.75) is 25.7 Å². The number of aromatic nitrogens is 1. The van der Waals surface area contributed by atoms with Crippen molar-refractivity contribution in [1.29, 1.82) is 0 Å². The Hall–Kier alpha value is -1.62. The lowest BCUT2D eigenvalue weighted by molar-refractivity contribution is 0.102. The first kappa shape index (κ1) is 11.2. The Morgan fingerprint density at radius 1 is 1.47 bits per heavy atom. The Morgan fingerprint density at radius 2 is 2.21 bits per heavy atom. The Bertz CT molecular complexity index is 698. The zero-order valence-corrected chi connectivity index (χ0v) is 11.6. The number of carbonyl (C=O) groups is 1. The average Bonchev–Trinajstić information content (AvgIpc) is 2.75. The van der Waals surface area contributed by atoms with Crippen LogP contribution in [0.4, 0.5) is 11.4 Å². The molecule has 3 aliphatic heterocycles. The van der Waals surface area contributed by atoms with Crippen LogP contribution in [0.15, 0.2) is 6.07 Å². The van der Waals surface area contributed by atoms with Gasteiger partial charge in [-0.25, -0.2) is 4.98 Å². The molecule has 5 heterocycles. The van der Waals surface area contributed by atoms with Crippen molar-refractivity contribution in [3.63, 3.8) is 0 Å². The Kier molecular flexibility index (Phi) is 2.18. The van der Waals surface area contributed by atoms with Crippen LogP contribution in [0.25, 0.3) is 10.2 Å². The summed E-state index contributed by atoms with van der Waals surface area (Å²) in [6.45, 7) is 3.80. The highest BCUT2D eigenvalue weighted by atomic mass is 32.1. The van der Waals surface area contributed by atoms with Crippen LogP contribution in [0.3, 0.4) is 0 Å². The predicted octanol–water partition coefficient (Wildman–Crippen LogP) is 2.78. The fourth-order valence-corrected chi connectivity index (χ4v) is 4.23. The molecule has 1 saturated heterocycles. The molecule has 0 atom stereocenters. The van der Waals surface area contributed by atoms with Crippen molar-refractivity contribution in [3.05, 3.63) is 16.6 Å². The van der Waals surface area contributed by atoms with Crippen molar-refractivity contribution in [2.75, 3.05) is 23.7 Å². The van der Waals surface area contributed by atoms with E-state index in [1.807, 2.05) is 0 Å².